The molecular formula is C25H19ClF2N2O2S. The van der Waals surface area contributed by atoms with Crippen molar-refractivity contribution in [3.63, 3.8) is 0 Å². The molecule has 0 fully saturated rings. The van der Waals surface area contributed by atoms with Crippen molar-refractivity contribution < 1.29 is 13.6 Å². The van der Waals surface area contributed by atoms with Gasteiger partial charge in [-0.05, 0) is 47.7 Å². The van der Waals surface area contributed by atoms with Gasteiger partial charge < -0.3 is 0 Å². The molecule has 168 valence electrons. The van der Waals surface area contributed by atoms with Crippen molar-refractivity contribution >= 4 is 34.8 Å². The zero-order chi connectivity index (χ0) is 23.5. The fourth-order valence-corrected chi connectivity index (χ4v) is 5.61. The first-order chi connectivity index (χ1) is 15.6. The number of hydrogen-bond donors (Lipinski definition) is 0. The number of nitrogens with zero attached hydrogens (tertiary/aromatic N) is 2. The van der Waals surface area contributed by atoms with E-state index in [0.29, 0.717) is 33.9 Å². The third kappa shape index (κ3) is 3.89. The maximum Gasteiger partial charge on any atom is 0.271 e. The van der Waals surface area contributed by atoms with Gasteiger partial charge in [-0.3, -0.25) is 14.2 Å². The Morgan fingerprint density at radius 1 is 1.12 bits per heavy atom. The summed E-state index contributed by atoms with van der Waals surface area (Å²) in [7, 11) is 0. The van der Waals surface area contributed by atoms with E-state index in [1.807, 2.05) is 13.8 Å². The van der Waals surface area contributed by atoms with Gasteiger partial charge in [0.05, 0.1) is 16.3 Å². The average molecular weight is 485 g/mol. The number of ketones is 1. The van der Waals surface area contributed by atoms with Crippen molar-refractivity contribution in [3.8, 4) is 0 Å². The van der Waals surface area contributed by atoms with Gasteiger partial charge in [-0.15, -0.1) is 0 Å². The fourth-order valence-electron chi connectivity index (χ4n) is 4.47. The van der Waals surface area contributed by atoms with Crippen LogP contribution in [0.2, 0.25) is 5.02 Å². The molecular weight excluding hydrogens is 466 g/mol. The van der Waals surface area contributed by atoms with Gasteiger partial charge in [0.15, 0.2) is 10.6 Å². The lowest BCUT2D eigenvalue weighted by atomic mass is 9.73. The molecule has 0 bridgehead atoms. The van der Waals surface area contributed by atoms with Gasteiger partial charge in [-0.1, -0.05) is 48.9 Å². The summed E-state index contributed by atoms with van der Waals surface area (Å²) in [5, 5.41) is 0.545. The van der Waals surface area contributed by atoms with Crippen LogP contribution in [-0.2, 0) is 4.79 Å². The van der Waals surface area contributed by atoms with Crippen molar-refractivity contribution in [1.29, 1.82) is 0 Å². The molecule has 0 radical (unpaired) electrons. The van der Waals surface area contributed by atoms with Crippen LogP contribution in [0, 0.1) is 17.0 Å². The minimum absolute atomic E-state index is 0.0381. The van der Waals surface area contributed by atoms with Crippen molar-refractivity contribution in [1.82, 2.24) is 4.57 Å². The topological polar surface area (TPSA) is 51.4 Å². The summed E-state index contributed by atoms with van der Waals surface area (Å²) in [6.45, 7) is 4.04. The minimum atomic E-state index is -0.758. The van der Waals surface area contributed by atoms with Crippen molar-refractivity contribution in [3.05, 3.63) is 101 Å². The Hall–Kier alpha value is -2.90. The molecule has 2 aromatic carbocycles. The Morgan fingerprint density at radius 2 is 1.85 bits per heavy atom. The molecule has 33 heavy (non-hydrogen) atoms. The third-order valence-corrected chi connectivity index (χ3v) is 7.17. The van der Waals surface area contributed by atoms with E-state index in [2.05, 4.69) is 0 Å². The molecule has 0 amide bonds. The molecule has 4 nitrogen and oxygen atoms in total. The summed E-state index contributed by atoms with van der Waals surface area (Å²) < 4.78 is 29.3. The van der Waals surface area contributed by atoms with Gasteiger partial charge in [0, 0.05) is 28.6 Å². The number of halogens is 3. The molecule has 1 aromatic heterocycles. The van der Waals surface area contributed by atoms with Crippen LogP contribution in [0.4, 0.5) is 8.78 Å². The van der Waals surface area contributed by atoms with E-state index in [-0.39, 0.29) is 26.9 Å². The van der Waals surface area contributed by atoms with E-state index < -0.39 is 17.7 Å². The number of carbonyl (C=O) groups is 1. The number of carbonyl (C=O) groups excluding carboxylic acids is 1. The van der Waals surface area contributed by atoms with E-state index in [0.717, 1.165) is 29.0 Å². The molecule has 1 unspecified atom stereocenters. The van der Waals surface area contributed by atoms with E-state index >= 15 is 0 Å². The number of rotatable bonds is 2. The summed E-state index contributed by atoms with van der Waals surface area (Å²) >= 11 is 7.20. The molecule has 0 saturated carbocycles. The van der Waals surface area contributed by atoms with Gasteiger partial charge in [-0.2, -0.15) is 0 Å². The molecule has 1 aliphatic heterocycles. The normalized spacial score (nSPS) is 19.8. The van der Waals surface area contributed by atoms with Gasteiger partial charge in [-0.25, -0.2) is 13.8 Å². The number of Topliss-reactive ketones (excluding diaryl/α,β-unsaturated/α-hetero) is 1. The molecule has 0 N–H and O–H groups in total. The highest BCUT2D eigenvalue weighted by Gasteiger charge is 2.40. The standard InChI is InChI=1S/C25H19ClF2N2O2S/c1-25(2)11-18-21(19(31)12-25)22(13-3-6-15(26)7-4-13)30-23(32)20(33-24(30)29-18)9-14-5-8-16(27)10-17(14)28/h3-10,22H,11-12H2,1-2H3. The highest BCUT2D eigenvalue weighted by atomic mass is 35.5. The summed E-state index contributed by atoms with van der Waals surface area (Å²) in [5.41, 5.74) is 1.42. The molecule has 2 heterocycles. The number of hydrogen-bond acceptors (Lipinski definition) is 4. The first kappa shape index (κ1) is 21.9. The zero-order valence-corrected chi connectivity index (χ0v) is 19.4. The largest absolute Gasteiger partial charge is 0.294 e. The van der Waals surface area contributed by atoms with Crippen LogP contribution in [0.5, 0.6) is 0 Å². The van der Waals surface area contributed by atoms with Crippen molar-refractivity contribution in [2.75, 3.05) is 0 Å². The van der Waals surface area contributed by atoms with Crippen LogP contribution in [0.15, 0.2) is 63.5 Å². The number of thiazole rings is 1. The lowest BCUT2D eigenvalue weighted by Gasteiger charge is -2.35. The Kier molecular flexibility index (Phi) is 5.21. The second-order valence-corrected chi connectivity index (χ2v) is 10.5. The first-order valence-corrected chi connectivity index (χ1v) is 11.6. The van der Waals surface area contributed by atoms with Crippen LogP contribution < -0.4 is 14.9 Å². The Balaban J connectivity index is 1.77. The second-order valence-electron chi connectivity index (χ2n) is 9.10. The molecule has 8 heteroatoms. The average Bonchev–Trinajstić information content (AvgIpc) is 3.03. The van der Waals surface area contributed by atoms with Crippen LogP contribution in [0.1, 0.15) is 43.9 Å². The molecule has 1 aliphatic carbocycles. The summed E-state index contributed by atoms with van der Waals surface area (Å²) in [6.07, 6.45) is 2.36. The maximum absolute atomic E-state index is 14.2. The summed E-state index contributed by atoms with van der Waals surface area (Å²) in [4.78, 5) is 31.9. The van der Waals surface area contributed by atoms with Crippen LogP contribution in [-0.4, -0.2) is 10.4 Å². The number of allylic oxidation sites excluding steroid dienone is 2. The highest BCUT2D eigenvalue weighted by molar-refractivity contribution is 7.07. The smallest absolute Gasteiger partial charge is 0.271 e. The van der Waals surface area contributed by atoms with Gasteiger partial charge in [0.1, 0.15) is 11.6 Å². The lowest BCUT2D eigenvalue weighted by molar-refractivity contribution is -0.118. The number of fused-ring (bicyclic) bond motifs is 1. The highest BCUT2D eigenvalue weighted by Crippen LogP contribution is 2.43. The lowest BCUT2D eigenvalue weighted by Crippen LogP contribution is -2.42. The minimum Gasteiger partial charge on any atom is -0.294 e. The molecule has 1 atom stereocenters. The second kappa shape index (κ2) is 7.85. The predicted molar refractivity (Wildman–Crippen MR) is 124 cm³/mol. The van der Waals surface area contributed by atoms with E-state index in [4.69, 9.17) is 16.6 Å². The van der Waals surface area contributed by atoms with Gasteiger partial charge >= 0.3 is 0 Å². The number of aromatic nitrogens is 1. The molecule has 0 saturated heterocycles. The molecule has 3 aromatic rings. The number of benzene rings is 2. The van der Waals surface area contributed by atoms with Crippen molar-refractivity contribution in [2.24, 2.45) is 10.4 Å². The third-order valence-electron chi connectivity index (χ3n) is 5.93. The maximum atomic E-state index is 14.2. The van der Waals surface area contributed by atoms with Crippen LogP contribution >= 0.6 is 22.9 Å². The SMILES string of the molecule is CC1(C)CC(=O)C2=C(C1)N=c1sc(=Cc3ccc(F)cc3F)c(=O)n1C2c1ccc(Cl)cc1. The van der Waals surface area contributed by atoms with Gasteiger partial charge in [0.2, 0.25) is 0 Å². The fraction of sp³-hybridized carbons (Fsp3) is 0.240. The monoisotopic (exact) mass is 484 g/mol. The quantitative estimate of drug-likeness (QED) is 0.536. The van der Waals surface area contributed by atoms with Gasteiger partial charge in [0.25, 0.3) is 5.56 Å². The molecule has 5 rings (SSSR count). The first-order valence-electron chi connectivity index (χ1n) is 10.4. The van der Waals surface area contributed by atoms with E-state index in [1.54, 1.807) is 24.3 Å². The van der Waals surface area contributed by atoms with Crippen LogP contribution in [0.25, 0.3) is 6.08 Å². The van der Waals surface area contributed by atoms with Crippen LogP contribution in [0.3, 0.4) is 0 Å². The Morgan fingerprint density at radius 3 is 2.55 bits per heavy atom. The summed E-state index contributed by atoms with van der Waals surface area (Å²) in [5.74, 6) is -1.49. The van der Waals surface area contributed by atoms with E-state index in [1.165, 1.54) is 16.7 Å². The molecule has 2 aliphatic rings. The predicted octanol–water partition coefficient (Wildman–Crippen LogP) is 4.54. The Bertz CT molecular complexity index is 1520. The summed E-state index contributed by atoms with van der Waals surface area (Å²) in [6, 6.07) is 9.60. The Labute approximate surface area is 197 Å². The van der Waals surface area contributed by atoms with E-state index in [9.17, 15) is 18.4 Å². The van der Waals surface area contributed by atoms with Crippen molar-refractivity contribution in [2.45, 2.75) is 32.7 Å². The zero-order valence-electron chi connectivity index (χ0n) is 17.9. The molecule has 0 spiro atoms.